The fourth-order valence-electron chi connectivity index (χ4n) is 5.93. The van der Waals surface area contributed by atoms with Gasteiger partial charge in [0, 0.05) is 24.4 Å². The molecule has 0 bridgehead atoms. The van der Waals surface area contributed by atoms with Crippen LogP contribution in [0.15, 0.2) is 42.7 Å². The lowest BCUT2D eigenvalue weighted by Gasteiger charge is -2.15. The Bertz CT molecular complexity index is 1400. The van der Waals surface area contributed by atoms with Crippen LogP contribution < -0.4 is 14.7 Å². The first-order valence-electron chi connectivity index (χ1n) is 17.7. The molecule has 254 valence electrons. The topological polar surface area (TPSA) is 74.2 Å². The Labute approximate surface area is 282 Å². The highest BCUT2D eigenvalue weighted by Crippen LogP contribution is 2.40. The van der Waals surface area contributed by atoms with Crippen LogP contribution in [-0.2, 0) is 10.7 Å². The van der Waals surface area contributed by atoms with Gasteiger partial charge in [0.05, 0.1) is 9.52 Å². The predicted octanol–water partition coefficient (Wildman–Crippen LogP) is 9.87. The molecule has 4 rings (SSSR count). The molecule has 0 fully saturated rings. The minimum absolute atomic E-state index is 0.226. The highest BCUT2D eigenvalue weighted by atomic mass is 28.2. The summed E-state index contributed by atoms with van der Waals surface area (Å²) in [6, 6.07) is 9.00. The summed E-state index contributed by atoms with van der Waals surface area (Å²) in [6.45, 7) is 8.23. The maximum absolute atomic E-state index is 14.8. The fraction of sp³-hybridized carbons (Fsp3) is 0.579. The van der Waals surface area contributed by atoms with E-state index in [1.807, 2.05) is 18.2 Å². The zero-order valence-corrected chi connectivity index (χ0v) is 29.6. The largest absolute Gasteiger partial charge is 0.485 e. The second-order valence-electron chi connectivity index (χ2n) is 13.1. The number of rotatable bonds is 20. The van der Waals surface area contributed by atoms with E-state index in [0.29, 0.717) is 38.7 Å². The van der Waals surface area contributed by atoms with E-state index in [-0.39, 0.29) is 17.4 Å². The molecule has 2 radical (unpaired) electrons. The molecule has 0 N–H and O–H groups in total. The SMILES string of the molecule is CCCCCC(=O)Oc1ccc(-c2cnc(-c3cc([Si]C(C)CCCCCCC(C)CCCCC)c4c(n3)C(F)(F)CO4)nc2)cc1. The van der Waals surface area contributed by atoms with Crippen molar-refractivity contribution in [3.05, 3.63) is 48.4 Å². The number of hydrogen-bond donors (Lipinski definition) is 0. The van der Waals surface area contributed by atoms with Gasteiger partial charge in [-0.1, -0.05) is 117 Å². The summed E-state index contributed by atoms with van der Waals surface area (Å²) in [5.74, 6) is -1.57. The van der Waals surface area contributed by atoms with Gasteiger partial charge in [0.1, 0.15) is 17.2 Å². The number of carbonyl (C=O) groups is 1. The van der Waals surface area contributed by atoms with E-state index in [1.54, 1.807) is 24.5 Å². The molecule has 6 nitrogen and oxygen atoms in total. The quantitative estimate of drug-likeness (QED) is 0.0519. The summed E-state index contributed by atoms with van der Waals surface area (Å²) in [7, 11) is 0.327. The number of alkyl halides is 2. The Balaban J connectivity index is 1.35. The van der Waals surface area contributed by atoms with Crippen molar-refractivity contribution < 1.29 is 23.0 Å². The Morgan fingerprint density at radius 1 is 0.894 bits per heavy atom. The number of fused-ring (bicyclic) bond motifs is 1. The Morgan fingerprint density at radius 2 is 1.53 bits per heavy atom. The molecule has 0 aliphatic carbocycles. The Morgan fingerprint density at radius 3 is 2.21 bits per heavy atom. The molecule has 47 heavy (non-hydrogen) atoms. The monoisotopic (exact) mass is 663 g/mol. The van der Waals surface area contributed by atoms with Crippen LogP contribution in [0.5, 0.6) is 11.5 Å². The number of halogens is 2. The maximum atomic E-state index is 14.8. The van der Waals surface area contributed by atoms with Crippen LogP contribution in [0.2, 0.25) is 5.54 Å². The van der Waals surface area contributed by atoms with Crippen LogP contribution in [0.25, 0.3) is 22.6 Å². The van der Waals surface area contributed by atoms with Gasteiger partial charge in [-0.2, -0.15) is 8.78 Å². The number of esters is 1. The molecule has 0 saturated carbocycles. The van der Waals surface area contributed by atoms with Gasteiger partial charge < -0.3 is 9.47 Å². The molecule has 3 aromatic rings. The third-order valence-corrected chi connectivity index (χ3v) is 10.3. The average molecular weight is 664 g/mol. The second kappa shape index (κ2) is 18.4. The lowest BCUT2D eigenvalue weighted by Crippen LogP contribution is -2.22. The molecule has 9 heteroatoms. The van der Waals surface area contributed by atoms with E-state index in [9.17, 15) is 13.6 Å². The van der Waals surface area contributed by atoms with Crippen molar-refractivity contribution in [2.45, 2.75) is 129 Å². The molecule has 1 aliphatic heterocycles. The van der Waals surface area contributed by atoms with Crippen molar-refractivity contribution in [1.82, 2.24) is 15.0 Å². The molecule has 1 aromatic carbocycles. The summed E-state index contributed by atoms with van der Waals surface area (Å²) >= 11 is 0. The fourth-order valence-corrected chi connectivity index (χ4v) is 7.35. The maximum Gasteiger partial charge on any atom is 0.326 e. The first-order chi connectivity index (χ1) is 22.7. The molecule has 2 unspecified atom stereocenters. The normalized spacial score (nSPS) is 14.8. The summed E-state index contributed by atoms with van der Waals surface area (Å²) < 4.78 is 40.6. The van der Waals surface area contributed by atoms with Crippen molar-refractivity contribution in [2.75, 3.05) is 6.61 Å². The lowest BCUT2D eigenvalue weighted by atomic mass is 9.96. The minimum atomic E-state index is -3.15. The van der Waals surface area contributed by atoms with Gasteiger partial charge in [0.15, 0.2) is 18.1 Å². The number of unbranched alkanes of at least 4 members (excludes halogenated alkanes) is 7. The van der Waals surface area contributed by atoms with Crippen molar-refractivity contribution in [2.24, 2.45) is 5.92 Å². The molecule has 2 aromatic heterocycles. The van der Waals surface area contributed by atoms with E-state index in [4.69, 9.17) is 9.47 Å². The minimum Gasteiger partial charge on any atom is -0.485 e. The summed E-state index contributed by atoms with van der Waals surface area (Å²) in [6.07, 6.45) is 19.1. The zero-order chi connectivity index (χ0) is 33.6. The number of pyridine rings is 1. The predicted molar refractivity (Wildman–Crippen MR) is 186 cm³/mol. The van der Waals surface area contributed by atoms with Crippen LogP contribution in [-0.4, -0.2) is 37.0 Å². The van der Waals surface area contributed by atoms with Crippen LogP contribution in [0.1, 0.15) is 123 Å². The lowest BCUT2D eigenvalue weighted by molar-refractivity contribution is -0.134. The highest BCUT2D eigenvalue weighted by molar-refractivity contribution is 6.56. The molecule has 1 aliphatic rings. The molecule has 2 atom stereocenters. The second-order valence-corrected chi connectivity index (χ2v) is 14.9. The summed E-state index contributed by atoms with van der Waals surface area (Å²) in [5, 5.41) is 0.767. The summed E-state index contributed by atoms with van der Waals surface area (Å²) in [4.78, 5) is 25.3. The van der Waals surface area contributed by atoms with Crippen molar-refractivity contribution >= 4 is 20.7 Å². The van der Waals surface area contributed by atoms with E-state index < -0.39 is 12.5 Å². The standard InChI is InChI=1S/C38H51F2N3O3Si/c1-5-7-11-15-27(3)16-13-9-10-14-17-28(4)47-33-23-32(43-36-35(33)45-26-38(36,39)40)37-41-24-30(25-42-37)29-19-21-31(22-20-29)46-34(44)18-12-8-6-2/h19-25,27-28H,5-18,26H2,1-4H3. The van der Waals surface area contributed by atoms with Crippen molar-refractivity contribution in [3.8, 4) is 34.1 Å². The number of aromatic nitrogens is 3. The Hall–Kier alpha value is -3.20. The first kappa shape index (κ1) is 36.6. The van der Waals surface area contributed by atoms with E-state index in [1.165, 1.54) is 51.4 Å². The number of hydrogen-bond acceptors (Lipinski definition) is 6. The molecular weight excluding hydrogens is 613 g/mol. The van der Waals surface area contributed by atoms with Crippen LogP contribution in [0.3, 0.4) is 0 Å². The van der Waals surface area contributed by atoms with E-state index >= 15 is 0 Å². The van der Waals surface area contributed by atoms with E-state index in [0.717, 1.165) is 54.3 Å². The van der Waals surface area contributed by atoms with Crippen LogP contribution >= 0.6 is 0 Å². The highest BCUT2D eigenvalue weighted by Gasteiger charge is 2.45. The number of carbonyl (C=O) groups excluding carboxylic acids is 1. The average Bonchev–Trinajstić information content (AvgIpc) is 3.37. The van der Waals surface area contributed by atoms with Gasteiger partial charge in [0.2, 0.25) is 0 Å². The molecule has 0 spiro atoms. The molecular formula is C38H51F2N3O3Si. The molecule has 0 saturated heterocycles. The number of nitrogens with zero attached hydrogens (tertiary/aromatic N) is 3. The number of benzene rings is 1. The van der Waals surface area contributed by atoms with Crippen LogP contribution in [0.4, 0.5) is 8.78 Å². The van der Waals surface area contributed by atoms with Gasteiger partial charge in [-0.15, -0.1) is 0 Å². The van der Waals surface area contributed by atoms with Gasteiger partial charge in [-0.3, -0.25) is 4.79 Å². The molecule has 3 heterocycles. The van der Waals surface area contributed by atoms with Gasteiger partial charge in [-0.05, 0) is 46.8 Å². The third kappa shape index (κ3) is 11.2. The van der Waals surface area contributed by atoms with Crippen molar-refractivity contribution in [1.29, 1.82) is 0 Å². The van der Waals surface area contributed by atoms with Gasteiger partial charge in [0.25, 0.3) is 0 Å². The Kier molecular flexibility index (Phi) is 14.3. The zero-order valence-electron chi connectivity index (χ0n) is 28.6. The third-order valence-electron chi connectivity index (χ3n) is 8.79. The molecule has 0 amide bonds. The van der Waals surface area contributed by atoms with E-state index in [2.05, 4.69) is 42.6 Å². The van der Waals surface area contributed by atoms with Gasteiger partial charge >= 0.3 is 11.9 Å². The first-order valence-corrected chi connectivity index (χ1v) is 18.7. The van der Waals surface area contributed by atoms with Crippen molar-refractivity contribution in [3.63, 3.8) is 0 Å². The smallest absolute Gasteiger partial charge is 0.326 e. The van der Waals surface area contributed by atoms with Gasteiger partial charge in [-0.25, -0.2) is 15.0 Å². The van der Waals surface area contributed by atoms with Crippen LogP contribution in [0, 0.1) is 5.92 Å². The summed E-state index contributed by atoms with van der Waals surface area (Å²) in [5.41, 5.74) is 1.97. The number of ether oxygens (including phenoxy) is 2.